The Morgan fingerprint density at radius 1 is 1.40 bits per heavy atom. The van der Waals surface area contributed by atoms with Gasteiger partial charge in [0.1, 0.15) is 11.5 Å². The van der Waals surface area contributed by atoms with Crippen LogP contribution >= 0.6 is 0 Å². The van der Waals surface area contributed by atoms with Crippen LogP contribution in [0, 0.1) is 18.8 Å². The Morgan fingerprint density at radius 3 is 2.75 bits per heavy atom. The molecule has 0 bridgehead atoms. The van der Waals surface area contributed by atoms with Gasteiger partial charge in [-0.2, -0.15) is 0 Å². The van der Waals surface area contributed by atoms with Gasteiger partial charge in [0, 0.05) is 19.2 Å². The molecule has 2 atom stereocenters. The standard InChI is InChI=1S/C15H19NO4/c1-10-8-16(9-13(10)15(18)19-3)14(17)7-6-12-5-4-11(2)20-12/h4-7,10,13H,8-9H2,1-3H3/b7-6+. The molecule has 1 aliphatic rings. The molecule has 0 spiro atoms. The summed E-state index contributed by atoms with van der Waals surface area (Å²) < 4.78 is 10.1. The number of carbonyl (C=O) groups excluding carboxylic acids is 2. The van der Waals surface area contributed by atoms with E-state index in [1.54, 1.807) is 11.0 Å². The number of esters is 1. The number of nitrogens with zero attached hydrogens (tertiary/aromatic N) is 1. The van der Waals surface area contributed by atoms with E-state index in [1.807, 2.05) is 26.0 Å². The fourth-order valence-corrected chi connectivity index (χ4v) is 2.41. The van der Waals surface area contributed by atoms with Crippen LogP contribution in [-0.2, 0) is 14.3 Å². The molecule has 0 saturated carbocycles. The molecule has 0 N–H and O–H groups in total. The maximum Gasteiger partial charge on any atom is 0.310 e. The molecule has 1 amide bonds. The van der Waals surface area contributed by atoms with Crippen molar-refractivity contribution in [1.82, 2.24) is 4.90 Å². The molecule has 5 nitrogen and oxygen atoms in total. The summed E-state index contributed by atoms with van der Waals surface area (Å²) in [6, 6.07) is 3.65. The van der Waals surface area contributed by atoms with Gasteiger partial charge in [-0.1, -0.05) is 6.92 Å². The Balaban J connectivity index is 1.97. The lowest BCUT2D eigenvalue weighted by molar-refractivity contribution is -0.146. The van der Waals surface area contributed by atoms with E-state index in [9.17, 15) is 9.59 Å². The third-order valence-electron chi connectivity index (χ3n) is 3.58. The summed E-state index contributed by atoms with van der Waals surface area (Å²) in [6.07, 6.45) is 3.12. The zero-order valence-electron chi connectivity index (χ0n) is 12.0. The van der Waals surface area contributed by atoms with Crippen LogP contribution in [0.3, 0.4) is 0 Å². The lowest BCUT2D eigenvalue weighted by atomic mass is 9.99. The number of hydrogen-bond donors (Lipinski definition) is 0. The number of ether oxygens (including phenoxy) is 1. The number of carbonyl (C=O) groups is 2. The summed E-state index contributed by atoms with van der Waals surface area (Å²) in [5.41, 5.74) is 0. The van der Waals surface area contributed by atoms with E-state index in [-0.39, 0.29) is 23.7 Å². The molecule has 1 saturated heterocycles. The highest BCUT2D eigenvalue weighted by atomic mass is 16.5. The molecule has 2 unspecified atom stereocenters. The van der Waals surface area contributed by atoms with E-state index in [0.29, 0.717) is 18.8 Å². The topological polar surface area (TPSA) is 59.8 Å². The third-order valence-corrected chi connectivity index (χ3v) is 3.58. The van der Waals surface area contributed by atoms with E-state index in [0.717, 1.165) is 5.76 Å². The van der Waals surface area contributed by atoms with Crippen LogP contribution in [0.4, 0.5) is 0 Å². The van der Waals surface area contributed by atoms with Crippen molar-refractivity contribution in [1.29, 1.82) is 0 Å². The van der Waals surface area contributed by atoms with Crippen LogP contribution in [-0.4, -0.2) is 37.0 Å². The zero-order chi connectivity index (χ0) is 14.7. The second-order valence-corrected chi connectivity index (χ2v) is 5.13. The summed E-state index contributed by atoms with van der Waals surface area (Å²) in [4.78, 5) is 25.3. The molecule has 2 heterocycles. The molecule has 108 valence electrons. The highest BCUT2D eigenvalue weighted by Crippen LogP contribution is 2.24. The highest BCUT2D eigenvalue weighted by molar-refractivity contribution is 5.92. The summed E-state index contributed by atoms with van der Waals surface area (Å²) in [6.45, 7) is 4.78. The highest BCUT2D eigenvalue weighted by Gasteiger charge is 2.36. The average Bonchev–Trinajstić information content (AvgIpc) is 3.01. The summed E-state index contributed by atoms with van der Waals surface area (Å²) in [7, 11) is 1.37. The van der Waals surface area contributed by atoms with E-state index >= 15 is 0 Å². The smallest absolute Gasteiger partial charge is 0.310 e. The van der Waals surface area contributed by atoms with Gasteiger partial charge in [0.25, 0.3) is 0 Å². The molecule has 1 aromatic rings. The quantitative estimate of drug-likeness (QED) is 0.625. The van der Waals surface area contributed by atoms with Gasteiger partial charge in [-0.05, 0) is 31.1 Å². The SMILES string of the molecule is COC(=O)C1CN(C(=O)/C=C/c2ccc(C)o2)CC1C. The van der Waals surface area contributed by atoms with Crippen molar-refractivity contribution in [2.24, 2.45) is 11.8 Å². The van der Waals surface area contributed by atoms with Crippen molar-refractivity contribution < 1.29 is 18.7 Å². The Morgan fingerprint density at radius 2 is 2.15 bits per heavy atom. The second kappa shape index (κ2) is 5.94. The molecule has 1 fully saturated rings. The molecule has 0 aliphatic carbocycles. The van der Waals surface area contributed by atoms with Gasteiger partial charge in [0.15, 0.2) is 0 Å². The minimum absolute atomic E-state index is 0.114. The monoisotopic (exact) mass is 277 g/mol. The van der Waals surface area contributed by atoms with Crippen LogP contribution in [0.15, 0.2) is 22.6 Å². The lowest BCUT2D eigenvalue weighted by Gasteiger charge is -2.13. The Bertz CT molecular complexity index is 532. The molecular weight excluding hydrogens is 258 g/mol. The van der Waals surface area contributed by atoms with Crippen molar-refractivity contribution in [3.63, 3.8) is 0 Å². The van der Waals surface area contributed by atoms with Crippen LogP contribution in [0.1, 0.15) is 18.4 Å². The predicted octanol–water partition coefficient (Wildman–Crippen LogP) is 1.87. The van der Waals surface area contributed by atoms with Gasteiger partial charge >= 0.3 is 5.97 Å². The van der Waals surface area contributed by atoms with E-state index in [4.69, 9.17) is 9.15 Å². The third kappa shape index (κ3) is 3.10. The number of furan rings is 1. The first-order chi connectivity index (χ1) is 9.51. The Labute approximate surface area is 118 Å². The van der Waals surface area contributed by atoms with Gasteiger partial charge in [-0.3, -0.25) is 9.59 Å². The van der Waals surface area contributed by atoms with Crippen LogP contribution < -0.4 is 0 Å². The molecule has 5 heteroatoms. The van der Waals surface area contributed by atoms with Crippen molar-refractivity contribution in [2.45, 2.75) is 13.8 Å². The summed E-state index contributed by atoms with van der Waals surface area (Å²) in [5, 5.41) is 0. The first kappa shape index (κ1) is 14.4. The van der Waals surface area contributed by atoms with E-state index in [1.165, 1.54) is 13.2 Å². The minimum atomic E-state index is -0.251. The van der Waals surface area contributed by atoms with Gasteiger partial charge in [-0.25, -0.2) is 0 Å². The number of hydrogen-bond acceptors (Lipinski definition) is 4. The number of aryl methyl sites for hydroxylation is 1. The second-order valence-electron chi connectivity index (χ2n) is 5.13. The average molecular weight is 277 g/mol. The maximum absolute atomic E-state index is 12.1. The normalized spacial score (nSPS) is 22.4. The zero-order valence-corrected chi connectivity index (χ0v) is 12.0. The maximum atomic E-state index is 12.1. The lowest BCUT2D eigenvalue weighted by Crippen LogP contribution is -2.28. The fourth-order valence-electron chi connectivity index (χ4n) is 2.41. The van der Waals surface area contributed by atoms with E-state index < -0.39 is 0 Å². The molecular formula is C15H19NO4. The van der Waals surface area contributed by atoms with Crippen molar-refractivity contribution in [3.05, 3.63) is 29.7 Å². The Kier molecular flexibility index (Phi) is 4.27. The van der Waals surface area contributed by atoms with Gasteiger partial charge in [-0.15, -0.1) is 0 Å². The molecule has 0 aromatic carbocycles. The number of rotatable bonds is 3. The predicted molar refractivity (Wildman–Crippen MR) is 73.7 cm³/mol. The van der Waals surface area contributed by atoms with E-state index in [2.05, 4.69) is 0 Å². The van der Waals surface area contributed by atoms with Gasteiger partial charge in [0.05, 0.1) is 13.0 Å². The summed E-state index contributed by atoms with van der Waals surface area (Å²) in [5.74, 6) is 0.967. The summed E-state index contributed by atoms with van der Waals surface area (Å²) >= 11 is 0. The molecule has 1 aliphatic heterocycles. The van der Waals surface area contributed by atoms with Gasteiger partial charge in [0.2, 0.25) is 5.91 Å². The number of amides is 1. The first-order valence-electron chi connectivity index (χ1n) is 6.62. The minimum Gasteiger partial charge on any atom is -0.469 e. The Hall–Kier alpha value is -2.04. The van der Waals surface area contributed by atoms with Crippen molar-refractivity contribution in [3.8, 4) is 0 Å². The molecule has 1 aromatic heterocycles. The molecule has 2 rings (SSSR count). The van der Waals surface area contributed by atoms with Crippen molar-refractivity contribution >= 4 is 18.0 Å². The molecule has 20 heavy (non-hydrogen) atoms. The largest absolute Gasteiger partial charge is 0.469 e. The number of methoxy groups -OCH3 is 1. The van der Waals surface area contributed by atoms with Crippen LogP contribution in [0.5, 0.6) is 0 Å². The van der Waals surface area contributed by atoms with Gasteiger partial charge < -0.3 is 14.1 Å². The fraction of sp³-hybridized carbons (Fsp3) is 0.467. The first-order valence-corrected chi connectivity index (χ1v) is 6.62. The number of likely N-dealkylation sites (tertiary alicyclic amines) is 1. The van der Waals surface area contributed by atoms with Crippen LogP contribution in [0.25, 0.3) is 6.08 Å². The van der Waals surface area contributed by atoms with Crippen molar-refractivity contribution in [2.75, 3.05) is 20.2 Å². The molecule has 0 radical (unpaired) electrons. The van der Waals surface area contributed by atoms with Crippen LogP contribution in [0.2, 0.25) is 0 Å².